The van der Waals surface area contributed by atoms with Gasteiger partial charge in [0.2, 0.25) is 0 Å². The molecule has 0 radical (unpaired) electrons. The van der Waals surface area contributed by atoms with Gasteiger partial charge in [0.1, 0.15) is 0 Å². The molecule has 1 saturated carbocycles. The van der Waals surface area contributed by atoms with Crippen LogP contribution in [0, 0.1) is 5.92 Å². The van der Waals surface area contributed by atoms with Crippen molar-refractivity contribution in [3.05, 3.63) is 35.9 Å². The molecule has 1 fully saturated rings. The lowest BCUT2D eigenvalue weighted by Gasteiger charge is -2.12. The lowest BCUT2D eigenvalue weighted by molar-refractivity contribution is 0.128. The Morgan fingerprint density at radius 2 is 2.05 bits per heavy atom. The molecular formula is C18H29N3O. The van der Waals surface area contributed by atoms with Crippen LogP contribution in [0.1, 0.15) is 38.2 Å². The van der Waals surface area contributed by atoms with Crippen LogP contribution in [-0.2, 0) is 4.74 Å². The van der Waals surface area contributed by atoms with Crippen LogP contribution in [0.4, 0.5) is 0 Å². The number of nitrogens with zero attached hydrogens (tertiary/aromatic N) is 1. The number of hydrogen-bond acceptors (Lipinski definition) is 2. The lowest BCUT2D eigenvalue weighted by Crippen LogP contribution is -2.40. The Kier molecular flexibility index (Phi) is 6.72. The average Bonchev–Trinajstić information content (AvgIpc) is 3.29. The topological polar surface area (TPSA) is 45.7 Å². The fraction of sp³-hybridized carbons (Fsp3) is 0.611. The van der Waals surface area contributed by atoms with Gasteiger partial charge < -0.3 is 15.4 Å². The fourth-order valence-electron chi connectivity index (χ4n) is 2.46. The third kappa shape index (κ3) is 5.68. The van der Waals surface area contributed by atoms with Crippen LogP contribution >= 0.6 is 0 Å². The predicted octanol–water partition coefficient (Wildman–Crippen LogP) is 2.77. The summed E-state index contributed by atoms with van der Waals surface area (Å²) in [5.74, 6) is 2.19. The Balaban J connectivity index is 1.61. The quantitative estimate of drug-likeness (QED) is 0.441. The minimum absolute atomic E-state index is 0.496. The van der Waals surface area contributed by atoms with E-state index >= 15 is 0 Å². The molecule has 1 aromatic rings. The highest BCUT2D eigenvalue weighted by atomic mass is 16.5. The molecule has 0 saturated heterocycles. The van der Waals surface area contributed by atoms with Crippen LogP contribution in [0.25, 0.3) is 0 Å². The van der Waals surface area contributed by atoms with Gasteiger partial charge in [-0.2, -0.15) is 0 Å². The molecule has 22 heavy (non-hydrogen) atoms. The first-order valence-corrected chi connectivity index (χ1v) is 8.30. The maximum Gasteiger partial charge on any atom is 0.191 e. The van der Waals surface area contributed by atoms with Crippen molar-refractivity contribution in [3.8, 4) is 0 Å². The smallest absolute Gasteiger partial charge is 0.191 e. The largest absolute Gasteiger partial charge is 0.380 e. The van der Waals surface area contributed by atoms with Gasteiger partial charge in [-0.3, -0.25) is 4.99 Å². The monoisotopic (exact) mass is 303 g/mol. The molecule has 2 unspecified atom stereocenters. The molecular weight excluding hydrogens is 274 g/mol. The van der Waals surface area contributed by atoms with E-state index in [1.807, 2.05) is 7.05 Å². The van der Waals surface area contributed by atoms with Crippen molar-refractivity contribution in [1.82, 2.24) is 10.6 Å². The van der Waals surface area contributed by atoms with E-state index in [0.717, 1.165) is 32.1 Å². The molecule has 2 N–H and O–H groups in total. The van der Waals surface area contributed by atoms with Gasteiger partial charge in [0, 0.05) is 32.2 Å². The summed E-state index contributed by atoms with van der Waals surface area (Å²) in [5.41, 5.74) is 1.41. The second-order valence-corrected chi connectivity index (χ2v) is 6.30. The van der Waals surface area contributed by atoms with Crippen LogP contribution in [0.15, 0.2) is 35.3 Å². The predicted molar refractivity (Wildman–Crippen MR) is 92.4 cm³/mol. The third-order valence-electron chi connectivity index (χ3n) is 3.94. The molecule has 0 amide bonds. The van der Waals surface area contributed by atoms with Crippen LogP contribution < -0.4 is 10.6 Å². The maximum atomic E-state index is 5.61. The number of hydrogen-bond donors (Lipinski definition) is 2. The van der Waals surface area contributed by atoms with Crippen molar-refractivity contribution < 1.29 is 4.74 Å². The van der Waals surface area contributed by atoms with Crippen LogP contribution in [-0.4, -0.2) is 38.8 Å². The summed E-state index contributed by atoms with van der Waals surface area (Å²) in [6, 6.07) is 11.2. The zero-order valence-corrected chi connectivity index (χ0v) is 14.0. The number of guanidine groups is 1. The molecule has 4 heteroatoms. The summed E-state index contributed by atoms with van der Waals surface area (Å²) in [6.07, 6.45) is 2.30. The van der Waals surface area contributed by atoms with Crippen molar-refractivity contribution in [3.63, 3.8) is 0 Å². The Hall–Kier alpha value is -1.55. The summed E-state index contributed by atoms with van der Waals surface area (Å²) < 4.78 is 5.61. The Bertz CT molecular complexity index is 459. The molecule has 0 spiro atoms. The summed E-state index contributed by atoms with van der Waals surface area (Å²) in [4.78, 5) is 4.28. The summed E-state index contributed by atoms with van der Waals surface area (Å²) in [6.45, 7) is 6.78. The molecule has 2 rings (SSSR count). The first-order chi connectivity index (χ1) is 10.7. The summed E-state index contributed by atoms with van der Waals surface area (Å²) in [7, 11) is 1.81. The second kappa shape index (κ2) is 8.79. The summed E-state index contributed by atoms with van der Waals surface area (Å²) >= 11 is 0. The van der Waals surface area contributed by atoms with Crippen molar-refractivity contribution >= 4 is 5.96 Å². The van der Waals surface area contributed by atoms with E-state index in [9.17, 15) is 0 Å². The average molecular weight is 303 g/mol. The van der Waals surface area contributed by atoms with Crippen LogP contribution in [0.2, 0.25) is 0 Å². The minimum atomic E-state index is 0.496. The Labute approximate surface area is 134 Å². The Morgan fingerprint density at radius 3 is 2.73 bits per heavy atom. The van der Waals surface area contributed by atoms with Gasteiger partial charge in [-0.25, -0.2) is 0 Å². The van der Waals surface area contributed by atoms with Gasteiger partial charge in [-0.1, -0.05) is 44.2 Å². The van der Waals surface area contributed by atoms with Crippen LogP contribution in [0.5, 0.6) is 0 Å². The number of aliphatic imine (C=N–C) groups is 1. The summed E-state index contributed by atoms with van der Waals surface area (Å²) in [5, 5.41) is 6.80. The number of ether oxygens (including phenoxy) is 1. The minimum Gasteiger partial charge on any atom is -0.380 e. The first kappa shape index (κ1) is 16.8. The number of nitrogens with one attached hydrogen (secondary N) is 2. The molecule has 0 aromatic heterocycles. The SMILES string of the molecule is CN=C(NCCOCCC(C)C)NC1CC1c1ccccc1. The van der Waals surface area contributed by atoms with Gasteiger partial charge in [0.05, 0.1) is 6.61 Å². The number of rotatable bonds is 8. The third-order valence-corrected chi connectivity index (χ3v) is 3.94. The fourth-order valence-corrected chi connectivity index (χ4v) is 2.46. The molecule has 122 valence electrons. The van der Waals surface area contributed by atoms with Crippen molar-refractivity contribution in [2.24, 2.45) is 10.9 Å². The van der Waals surface area contributed by atoms with Gasteiger partial charge >= 0.3 is 0 Å². The van der Waals surface area contributed by atoms with E-state index in [1.54, 1.807) is 0 Å². The highest BCUT2D eigenvalue weighted by Gasteiger charge is 2.38. The number of benzene rings is 1. The molecule has 0 heterocycles. The Morgan fingerprint density at radius 1 is 1.27 bits per heavy atom. The van der Waals surface area contributed by atoms with E-state index in [-0.39, 0.29) is 0 Å². The van der Waals surface area contributed by atoms with Gasteiger partial charge in [-0.15, -0.1) is 0 Å². The van der Waals surface area contributed by atoms with E-state index < -0.39 is 0 Å². The van der Waals surface area contributed by atoms with Gasteiger partial charge in [0.25, 0.3) is 0 Å². The highest BCUT2D eigenvalue weighted by Crippen LogP contribution is 2.40. The molecule has 4 nitrogen and oxygen atoms in total. The van der Waals surface area contributed by atoms with Crippen molar-refractivity contribution in [1.29, 1.82) is 0 Å². The van der Waals surface area contributed by atoms with Gasteiger partial charge in [-0.05, 0) is 24.3 Å². The van der Waals surface area contributed by atoms with E-state index in [2.05, 4.69) is 59.8 Å². The lowest BCUT2D eigenvalue weighted by atomic mass is 10.1. The zero-order chi connectivity index (χ0) is 15.8. The standard InChI is InChI=1S/C18H29N3O/c1-14(2)9-11-22-12-10-20-18(19-3)21-17-13-16(17)15-7-5-4-6-8-15/h4-8,14,16-17H,9-13H2,1-3H3,(H2,19,20,21). The highest BCUT2D eigenvalue weighted by molar-refractivity contribution is 5.80. The van der Waals surface area contributed by atoms with E-state index in [4.69, 9.17) is 4.74 Å². The van der Waals surface area contributed by atoms with E-state index in [0.29, 0.717) is 17.9 Å². The molecule has 1 aromatic carbocycles. The molecule has 0 bridgehead atoms. The van der Waals surface area contributed by atoms with Gasteiger partial charge in [0.15, 0.2) is 5.96 Å². The molecule has 1 aliphatic rings. The normalized spacial score (nSPS) is 21.0. The van der Waals surface area contributed by atoms with E-state index in [1.165, 1.54) is 12.0 Å². The molecule has 1 aliphatic carbocycles. The molecule has 2 atom stereocenters. The van der Waals surface area contributed by atoms with Crippen LogP contribution in [0.3, 0.4) is 0 Å². The molecule has 0 aliphatic heterocycles. The zero-order valence-electron chi connectivity index (χ0n) is 14.0. The maximum absolute atomic E-state index is 5.61. The van der Waals surface area contributed by atoms with Crippen molar-refractivity contribution in [2.45, 2.75) is 38.6 Å². The van der Waals surface area contributed by atoms with Crippen molar-refractivity contribution in [2.75, 3.05) is 26.8 Å². The first-order valence-electron chi connectivity index (χ1n) is 8.30. The second-order valence-electron chi connectivity index (χ2n) is 6.30.